The maximum atomic E-state index is 11.0. The Morgan fingerprint density at radius 3 is 2.50 bits per heavy atom. The van der Waals surface area contributed by atoms with Crippen LogP contribution in [0.25, 0.3) is 0 Å². The number of benzene rings is 1. The van der Waals surface area contributed by atoms with Crippen molar-refractivity contribution in [2.75, 3.05) is 0 Å². The third kappa shape index (κ3) is 3.60. The zero-order chi connectivity index (χ0) is 8.10. The van der Waals surface area contributed by atoms with Crippen LogP contribution < -0.4 is 0 Å². The van der Waals surface area contributed by atoms with E-state index in [1.54, 1.807) is 24.3 Å². The summed E-state index contributed by atoms with van der Waals surface area (Å²) in [5, 5.41) is 0. The Balaban J connectivity index is -0.000000403. The van der Waals surface area contributed by atoms with Crippen molar-refractivity contribution in [3.8, 4) is 0 Å². The van der Waals surface area contributed by atoms with E-state index in [-0.39, 0.29) is 57.7 Å². The monoisotopic (exact) mass is 288 g/mol. The molecule has 0 saturated carbocycles. The quantitative estimate of drug-likeness (QED) is 0.471. The van der Waals surface area contributed by atoms with Crippen LogP contribution >= 0.6 is 0 Å². The van der Waals surface area contributed by atoms with Crippen LogP contribution in [0.15, 0.2) is 43.2 Å². The Hall–Kier alpha value is 0.00143. The van der Waals surface area contributed by atoms with E-state index >= 15 is 0 Å². The summed E-state index contributed by atoms with van der Waals surface area (Å²) in [4.78, 5) is 11.0. The number of hydrogen-bond donors (Lipinski definition) is 0. The molecule has 0 aromatic heterocycles. The molecule has 0 saturated heterocycles. The summed E-state index contributed by atoms with van der Waals surface area (Å²) >= 11 is 0. The Morgan fingerprint density at radius 2 is 2.00 bits per heavy atom. The summed E-state index contributed by atoms with van der Waals surface area (Å²) in [6.45, 7) is 3.28. The van der Waals surface area contributed by atoms with Gasteiger partial charge >= 0.3 is 54.9 Å². The molecule has 1 aromatic carbocycles. The van der Waals surface area contributed by atoms with E-state index in [0.717, 1.165) is 6.26 Å². The second kappa shape index (κ2) is 6.51. The molecule has 0 atom stereocenters. The Kier molecular flexibility index (Phi) is 6.51. The standard InChI is InChI=1S/C9H8O2.Ba.2H/c1-2-11-9(10)8-6-4-3-5-7-8;;;/h2-7H,1H2;;;/q;+2;2*-1. The van der Waals surface area contributed by atoms with Crippen LogP contribution in [0.4, 0.5) is 0 Å². The SMILES string of the molecule is C=COC(=O)c1ccccc1.[Ba+2].[H-].[H-]. The van der Waals surface area contributed by atoms with E-state index in [1.807, 2.05) is 6.07 Å². The minimum atomic E-state index is -0.374. The average molecular weight is 288 g/mol. The fourth-order valence-electron chi connectivity index (χ4n) is 0.718. The van der Waals surface area contributed by atoms with Crippen molar-refractivity contribution in [3.05, 3.63) is 48.7 Å². The Bertz CT molecular complexity index is 265. The van der Waals surface area contributed by atoms with Gasteiger partial charge in [-0.3, -0.25) is 0 Å². The number of carbonyl (C=O) groups excluding carboxylic acids is 1. The first-order chi connectivity index (χ1) is 5.34. The molecule has 0 spiro atoms. The smallest absolute Gasteiger partial charge is 1.00 e. The zero-order valence-electron chi connectivity index (χ0n) is 8.69. The van der Waals surface area contributed by atoms with Crippen LogP contribution in [0, 0.1) is 0 Å². The van der Waals surface area contributed by atoms with E-state index in [9.17, 15) is 4.79 Å². The van der Waals surface area contributed by atoms with Gasteiger partial charge in [0.2, 0.25) is 0 Å². The third-order valence-corrected chi connectivity index (χ3v) is 1.20. The molecule has 0 heterocycles. The number of carbonyl (C=O) groups is 1. The van der Waals surface area contributed by atoms with Gasteiger partial charge in [0.15, 0.2) is 0 Å². The van der Waals surface area contributed by atoms with Crippen molar-refractivity contribution in [3.63, 3.8) is 0 Å². The van der Waals surface area contributed by atoms with Crippen molar-refractivity contribution in [1.29, 1.82) is 0 Å². The Morgan fingerprint density at radius 1 is 1.42 bits per heavy atom. The molecule has 12 heavy (non-hydrogen) atoms. The number of rotatable bonds is 2. The number of hydrogen-bond acceptors (Lipinski definition) is 2. The predicted molar refractivity (Wildman–Crippen MR) is 50.0 cm³/mol. The average Bonchev–Trinajstić information content (AvgIpc) is 2.07. The van der Waals surface area contributed by atoms with E-state index in [2.05, 4.69) is 11.3 Å². The van der Waals surface area contributed by atoms with E-state index < -0.39 is 0 Å². The van der Waals surface area contributed by atoms with Crippen LogP contribution in [-0.4, -0.2) is 54.9 Å². The Labute approximate surface area is 115 Å². The minimum Gasteiger partial charge on any atom is -1.00 e. The molecule has 0 unspecified atom stereocenters. The molecule has 3 heteroatoms. The largest absolute Gasteiger partial charge is 2.00 e. The second-order valence-electron chi connectivity index (χ2n) is 1.94. The predicted octanol–water partition coefficient (Wildman–Crippen LogP) is 1.83. The van der Waals surface area contributed by atoms with Crippen molar-refractivity contribution in [2.24, 2.45) is 0 Å². The summed E-state index contributed by atoms with van der Waals surface area (Å²) in [6.07, 6.45) is 1.12. The van der Waals surface area contributed by atoms with Crippen LogP contribution in [-0.2, 0) is 4.74 Å². The number of esters is 1. The van der Waals surface area contributed by atoms with E-state index in [1.165, 1.54) is 0 Å². The third-order valence-electron chi connectivity index (χ3n) is 1.20. The van der Waals surface area contributed by atoms with Crippen molar-refractivity contribution < 1.29 is 12.4 Å². The summed E-state index contributed by atoms with van der Waals surface area (Å²) in [5.41, 5.74) is 0.535. The zero-order valence-corrected chi connectivity index (χ0v) is 11.1. The molecule has 2 nitrogen and oxygen atoms in total. The van der Waals surface area contributed by atoms with Crippen LogP contribution in [0.5, 0.6) is 0 Å². The first kappa shape index (κ1) is 12.0. The van der Waals surface area contributed by atoms with Gasteiger partial charge in [0.1, 0.15) is 0 Å². The van der Waals surface area contributed by atoms with Gasteiger partial charge in [-0.25, -0.2) is 4.79 Å². The molecule has 0 amide bonds. The topological polar surface area (TPSA) is 26.3 Å². The summed E-state index contributed by atoms with van der Waals surface area (Å²) in [6, 6.07) is 8.77. The van der Waals surface area contributed by atoms with Crippen molar-refractivity contribution in [2.45, 2.75) is 0 Å². The first-order valence-corrected chi connectivity index (χ1v) is 3.21. The summed E-state index contributed by atoms with van der Waals surface area (Å²) in [7, 11) is 0. The molecule has 0 fully saturated rings. The summed E-state index contributed by atoms with van der Waals surface area (Å²) in [5.74, 6) is -0.374. The molecule has 0 aliphatic rings. The van der Waals surface area contributed by atoms with Gasteiger partial charge in [-0.15, -0.1) is 0 Å². The molecule has 0 aliphatic heterocycles. The number of ether oxygens (including phenoxy) is 1. The van der Waals surface area contributed by atoms with E-state index in [0.29, 0.717) is 5.56 Å². The second-order valence-corrected chi connectivity index (χ2v) is 1.94. The van der Waals surface area contributed by atoms with Gasteiger partial charge in [-0.2, -0.15) is 0 Å². The summed E-state index contributed by atoms with van der Waals surface area (Å²) < 4.78 is 4.55. The normalized spacial score (nSPS) is 8.00. The minimum absolute atomic E-state index is 0. The van der Waals surface area contributed by atoms with Gasteiger partial charge in [-0.1, -0.05) is 24.8 Å². The van der Waals surface area contributed by atoms with Crippen molar-refractivity contribution >= 4 is 54.9 Å². The molecule has 0 aliphatic carbocycles. The molecule has 0 radical (unpaired) electrons. The van der Waals surface area contributed by atoms with Gasteiger partial charge < -0.3 is 7.59 Å². The maximum Gasteiger partial charge on any atom is 2.00 e. The van der Waals surface area contributed by atoms with Gasteiger partial charge in [0, 0.05) is 0 Å². The molecular weight excluding hydrogens is 277 g/mol. The molecular formula is C9H10BaO2. The first-order valence-electron chi connectivity index (χ1n) is 3.21. The fourth-order valence-corrected chi connectivity index (χ4v) is 0.718. The van der Waals surface area contributed by atoms with Gasteiger partial charge in [0.25, 0.3) is 0 Å². The molecule has 0 bridgehead atoms. The maximum absolute atomic E-state index is 11.0. The molecule has 1 rings (SSSR count). The van der Waals surface area contributed by atoms with Gasteiger partial charge in [-0.05, 0) is 12.1 Å². The molecule has 1 aromatic rings. The van der Waals surface area contributed by atoms with Crippen LogP contribution in [0.2, 0.25) is 0 Å². The van der Waals surface area contributed by atoms with Crippen molar-refractivity contribution in [1.82, 2.24) is 0 Å². The van der Waals surface area contributed by atoms with E-state index in [4.69, 9.17) is 0 Å². The van der Waals surface area contributed by atoms with Gasteiger partial charge in [0.05, 0.1) is 11.8 Å². The molecule has 0 N–H and O–H groups in total. The molecule has 60 valence electrons. The van der Waals surface area contributed by atoms with Crippen LogP contribution in [0.1, 0.15) is 13.2 Å². The fraction of sp³-hybridized carbons (Fsp3) is 0. The van der Waals surface area contributed by atoms with Crippen LogP contribution in [0.3, 0.4) is 0 Å².